The van der Waals surface area contributed by atoms with Crippen molar-refractivity contribution in [3.05, 3.63) is 118 Å². The maximum Gasteiger partial charge on any atom is 0.270 e. The van der Waals surface area contributed by atoms with Gasteiger partial charge in [-0.2, -0.15) is 0 Å². The summed E-state index contributed by atoms with van der Waals surface area (Å²) < 4.78 is 40.3. The largest absolute Gasteiger partial charge is 0.495 e. The number of anilines is 1. The zero-order chi connectivity index (χ0) is 37.8. The van der Waals surface area contributed by atoms with Crippen molar-refractivity contribution in [2.75, 3.05) is 65.9 Å². The average molecular weight is 752 g/mol. The van der Waals surface area contributed by atoms with E-state index < -0.39 is 17.3 Å². The molecule has 4 aromatic carbocycles. The van der Waals surface area contributed by atoms with Crippen LogP contribution in [0.5, 0.6) is 28.7 Å². The fourth-order valence-corrected chi connectivity index (χ4v) is 6.89. The van der Waals surface area contributed by atoms with Crippen molar-refractivity contribution < 1.29 is 28.1 Å². The van der Waals surface area contributed by atoms with E-state index in [1.807, 2.05) is 0 Å². The van der Waals surface area contributed by atoms with E-state index in [1.54, 1.807) is 80.0 Å². The predicted molar refractivity (Wildman–Crippen MR) is 208 cm³/mol. The molecule has 1 N–H and O–H groups in total. The van der Waals surface area contributed by atoms with Crippen molar-refractivity contribution in [3.63, 3.8) is 0 Å². The summed E-state index contributed by atoms with van der Waals surface area (Å²) in [5.41, 5.74) is 0.618. The summed E-state index contributed by atoms with van der Waals surface area (Å²) in [6.45, 7) is 5.70. The molecule has 0 radical (unpaired) electrons. The van der Waals surface area contributed by atoms with Crippen molar-refractivity contribution in [1.82, 2.24) is 19.4 Å². The van der Waals surface area contributed by atoms with Crippen LogP contribution >= 0.6 is 11.6 Å². The number of nitrogens with zero attached hydrogens (tertiary/aromatic N) is 4. The number of hydrogen-bond donors (Lipinski definition) is 1. The Bertz CT molecular complexity index is 2400. The number of para-hydroxylation sites is 3. The number of fused-ring (bicyclic) bond motifs is 2. The summed E-state index contributed by atoms with van der Waals surface area (Å²) in [6, 6.07) is 23.1. The van der Waals surface area contributed by atoms with Crippen LogP contribution in [0.4, 0.5) is 10.1 Å². The number of carbonyl (C=O) groups excluding carboxylic acids is 1. The summed E-state index contributed by atoms with van der Waals surface area (Å²) in [7, 11) is 5.19. The van der Waals surface area contributed by atoms with Crippen molar-refractivity contribution in [3.8, 4) is 34.4 Å². The summed E-state index contributed by atoms with van der Waals surface area (Å²) in [4.78, 5) is 36.9. The van der Waals surface area contributed by atoms with Crippen molar-refractivity contribution in [2.45, 2.75) is 6.42 Å². The molecule has 1 aliphatic rings. The highest BCUT2D eigenvalue weighted by Gasteiger charge is 2.24. The smallest absolute Gasteiger partial charge is 0.270 e. The molecule has 1 saturated heterocycles. The maximum absolute atomic E-state index is 15.6. The lowest BCUT2D eigenvalue weighted by molar-refractivity contribution is 0.102. The second-order valence-corrected chi connectivity index (χ2v) is 13.3. The minimum Gasteiger partial charge on any atom is -0.495 e. The van der Waals surface area contributed by atoms with Crippen LogP contribution in [-0.2, 0) is 0 Å². The summed E-state index contributed by atoms with van der Waals surface area (Å²) in [5.74, 6) is 0.174. The van der Waals surface area contributed by atoms with Crippen LogP contribution in [0.3, 0.4) is 0 Å². The Morgan fingerprint density at radius 2 is 1.61 bits per heavy atom. The Labute approximate surface area is 316 Å². The topological polar surface area (TPSA) is 107 Å². The van der Waals surface area contributed by atoms with Crippen molar-refractivity contribution in [2.24, 2.45) is 0 Å². The molecule has 0 saturated carbocycles. The van der Waals surface area contributed by atoms with Gasteiger partial charge in [-0.05, 0) is 55.9 Å². The van der Waals surface area contributed by atoms with Crippen LogP contribution in [0.1, 0.15) is 16.8 Å². The Morgan fingerprint density at radius 1 is 0.852 bits per heavy atom. The number of carbonyl (C=O) groups is 1. The van der Waals surface area contributed by atoms with Crippen LogP contribution in [0.25, 0.3) is 27.5 Å². The summed E-state index contributed by atoms with van der Waals surface area (Å²) in [6.07, 6.45) is 2.44. The molecule has 54 heavy (non-hydrogen) atoms. The zero-order valence-corrected chi connectivity index (χ0v) is 30.9. The van der Waals surface area contributed by atoms with Gasteiger partial charge >= 0.3 is 0 Å². The minimum absolute atomic E-state index is 0.0288. The van der Waals surface area contributed by atoms with Gasteiger partial charge < -0.3 is 34.1 Å². The minimum atomic E-state index is -0.808. The number of piperazine rings is 1. The number of likely N-dealkylation sites (N-methyl/N-ethyl adjacent to an activating group) is 1. The number of hydrogen-bond acceptors (Lipinski definition) is 9. The summed E-state index contributed by atoms with van der Waals surface area (Å²) in [5, 5.41) is 3.67. The van der Waals surface area contributed by atoms with E-state index in [9.17, 15) is 9.59 Å². The Kier molecular flexibility index (Phi) is 11.0. The number of amides is 1. The molecule has 11 nitrogen and oxygen atoms in total. The number of aromatic nitrogens is 2. The van der Waals surface area contributed by atoms with E-state index in [1.165, 1.54) is 23.8 Å². The molecule has 0 atom stereocenters. The average Bonchev–Trinajstić information content (AvgIpc) is 3.18. The third-order valence-corrected chi connectivity index (χ3v) is 9.83. The van der Waals surface area contributed by atoms with E-state index in [-0.39, 0.29) is 22.0 Å². The van der Waals surface area contributed by atoms with Gasteiger partial charge in [-0.3, -0.25) is 19.1 Å². The molecular formula is C41H39ClFN5O6. The quantitative estimate of drug-likeness (QED) is 0.128. The molecule has 1 amide bonds. The fourth-order valence-electron chi connectivity index (χ4n) is 6.56. The summed E-state index contributed by atoms with van der Waals surface area (Å²) >= 11 is 6.71. The first-order chi connectivity index (χ1) is 26.2. The molecule has 0 unspecified atom stereocenters. The normalized spacial score (nSPS) is 13.6. The van der Waals surface area contributed by atoms with Gasteiger partial charge in [0.1, 0.15) is 17.1 Å². The number of ether oxygens (including phenoxy) is 4. The number of rotatable bonds is 12. The third-order valence-electron chi connectivity index (χ3n) is 9.44. The number of pyridine rings is 2. The standard InChI is InChI=1S/C41H39ClFN5O6/c1-46-18-20-47(21-19-46)17-8-22-53-37-25-30-28(24-36(37)52-3)33(15-16-44-30)54-34-14-13-26(23-29(34)43)45-40(49)38-39(42)27-9-4-5-10-31(27)48(41(38)50)32-11-6-7-12-35(32)51-2/h4-7,9-16,23-25H,8,17-22H2,1-3H3,(H,45,49). The van der Waals surface area contributed by atoms with Gasteiger partial charge in [-0.25, -0.2) is 4.39 Å². The van der Waals surface area contributed by atoms with Crippen LogP contribution in [-0.4, -0.2) is 85.9 Å². The second-order valence-electron chi connectivity index (χ2n) is 12.9. The van der Waals surface area contributed by atoms with Gasteiger partial charge in [0.2, 0.25) is 0 Å². The van der Waals surface area contributed by atoms with Crippen LogP contribution in [0.2, 0.25) is 5.02 Å². The predicted octanol–water partition coefficient (Wildman–Crippen LogP) is 7.41. The van der Waals surface area contributed by atoms with Gasteiger partial charge in [0, 0.05) is 67.5 Å². The Morgan fingerprint density at radius 3 is 2.39 bits per heavy atom. The Balaban J connectivity index is 1.10. The molecule has 7 rings (SSSR count). The molecular weight excluding hydrogens is 713 g/mol. The number of nitrogens with one attached hydrogen (secondary N) is 1. The van der Waals surface area contributed by atoms with E-state index in [0.717, 1.165) is 45.2 Å². The van der Waals surface area contributed by atoms with Gasteiger partial charge in [-0.1, -0.05) is 41.9 Å². The van der Waals surface area contributed by atoms with E-state index in [2.05, 4.69) is 27.1 Å². The number of methoxy groups -OCH3 is 2. The molecule has 278 valence electrons. The van der Waals surface area contributed by atoms with Gasteiger partial charge in [0.05, 0.1) is 42.6 Å². The lowest BCUT2D eigenvalue weighted by atomic mass is 10.1. The molecule has 13 heteroatoms. The zero-order valence-electron chi connectivity index (χ0n) is 30.1. The second kappa shape index (κ2) is 16.1. The first kappa shape index (κ1) is 36.7. The molecule has 1 fully saturated rings. The van der Waals surface area contributed by atoms with Gasteiger partial charge in [-0.15, -0.1) is 0 Å². The lowest BCUT2D eigenvalue weighted by Crippen LogP contribution is -2.44. The molecule has 1 aliphatic heterocycles. The first-order valence-electron chi connectivity index (χ1n) is 17.5. The highest BCUT2D eigenvalue weighted by molar-refractivity contribution is 6.39. The maximum atomic E-state index is 15.6. The molecule has 0 aliphatic carbocycles. The molecule has 2 aromatic heterocycles. The van der Waals surface area contributed by atoms with Gasteiger partial charge in [0.15, 0.2) is 23.1 Å². The van der Waals surface area contributed by atoms with Crippen LogP contribution in [0, 0.1) is 5.82 Å². The molecule has 0 bridgehead atoms. The third kappa shape index (κ3) is 7.54. The van der Waals surface area contributed by atoms with Crippen LogP contribution < -0.4 is 29.8 Å². The van der Waals surface area contributed by atoms with E-state index >= 15 is 4.39 Å². The van der Waals surface area contributed by atoms with Gasteiger partial charge in [0.25, 0.3) is 11.5 Å². The van der Waals surface area contributed by atoms with Crippen molar-refractivity contribution in [1.29, 1.82) is 0 Å². The van der Waals surface area contributed by atoms with E-state index in [4.69, 9.17) is 30.5 Å². The molecule has 6 aromatic rings. The fraction of sp³-hybridized carbons (Fsp3) is 0.244. The number of benzene rings is 4. The SMILES string of the molecule is COc1cc2c(Oc3ccc(NC(=O)c4c(Cl)c5ccccc5n(-c5ccccc5OC)c4=O)cc3F)ccnc2cc1OCCCN1CCN(C)CC1. The highest BCUT2D eigenvalue weighted by atomic mass is 35.5. The molecule has 3 heterocycles. The highest BCUT2D eigenvalue weighted by Crippen LogP contribution is 2.38. The van der Waals surface area contributed by atoms with Crippen LogP contribution in [0.15, 0.2) is 95.9 Å². The monoisotopic (exact) mass is 751 g/mol. The number of halogens is 2. The lowest BCUT2D eigenvalue weighted by Gasteiger charge is -2.32. The first-order valence-corrected chi connectivity index (χ1v) is 17.9. The van der Waals surface area contributed by atoms with E-state index in [0.29, 0.717) is 57.1 Å². The molecule has 0 spiro atoms. The van der Waals surface area contributed by atoms with Crippen molar-refractivity contribution >= 4 is 45.0 Å². The Hall–Kier alpha value is -5.69.